The van der Waals surface area contributed by atoms with Gasteiger partial charge in [-0.15, -0.1) is 5.10 Å². The Morgan fingerprint density at radius 2 is 1.58 bits per heavy atom. The number of hydrogen-bond acceptors (Lipinski definition) is 4. The lowest BCUT2D eigenvalue weighted by atomic mass is 10.1. The minimum Gasteiger partial charge on any atom is -0.301 e. The summed E-state index contributed by atoms with van der Waals surface area (Å²) in [6.45, 7) is 9.02. The van der Waals surface area contributed by atoms with Crippen molar-refractivity contribution in [2.24, 2.45) is 0 Å². The normalized spacial score (nSPS) is 16.9. The zero-order valence-corrected chi connectivity index (χ0v) is 15.0. The fourth-order valence-electron chi connectivity index (χ4n) is 3.48. The maximum Gasteiger partial charge on any atom is 0.113 e. The second-order valence-electron chi connectivity index (χ2n) is 6.95. The van der Waals surface area contributed by atoms with Gasteiger partial charge < -0.3 is 4.90 Å². The maximum absolute atomic E-state index is 4.30. The zero-order valence-electron chi connectivity index (χ0n) is 15.0. The highest BCUT2D eigenvalue weighted by Gasteiger charge is 2.17. The van der Waals surface area contributed by atoms with E-state index >= 15 is 0 Å². The van der Waals surface area contributed by atoms with Crippen LogP contribution in [0.5, 0.6) is 0 Å². The molecule has 132 valence electrons. The Hall–Kier alpha value is -1.46. The molecular weight excluding hydrogens is 298 g/mol. The molecule has 5 heteroatoms. The third-order valence-electron chi connectivity index (χ3n) is 5.05. The van der Waals surface area contributed by atoms with Gasteiger partial charge in [0.1, 0.15) is 5.52 Å². The Morgan fingerprint density at radius 1 is 0.875 bits per heavy atom. The van der Waals surface area contributed by atoms with Crippen molar-refractivity contribution in [3.8, 4) is 0 Å². The molecule has 0 atom stereocenters. The number of rotatable bonds is 9. The summed E-state index contributed by atoms with van der Waals surface area (Å²) in [5.74, 6) is 0. The van der Waals surface area contributed by atoms with Crippen LogP contribution < -0.4 is 0 Å². The molecule has 1 aliphatic heterocycles. The SMILES string of the molecule is CCCCCCCCN1CCN(Cn2nnc3ccccc32)CC1. The third-order valence-corrected chi connectivity index (χ3v) is 5.05. The Kier molecular flexibility index (Phi) is 6.61. The molecular formula is C19H31N5. The van der Waals surface area contributed by atoms with Crippen LogP contribution in [-0.2, 0) is 6.67 Å². The number of fused-ring (bicyclic) bond motifs is 1. The van der Waals surface area contributed by atoms with Crippen molar-refractivity contribution < 1.29 is 0 Å². The number of para-hydroxylation sites is 1. The highest BCUT2D eigenvalue weighted by atomic mass is 15.5. The molecule has 0 spiro atoms. The van der Waals surface area contributed by atoms with E-state index in [2.05, 4.69) is 39.2 Å². The number of aromatic nitrogens is 3. The molecule has 0 bridgehead atoms. The number of unbranched alkanes of at least 4 members (excludes halogenated alkanes) is 5. The summed E-state index contributed by atoms with van der Waals surface area (Å²) in [7, 11) is 0. The first-order valence-corrected chi connectivity index (χ1v) is 9.60. The van der Waals surface area contributed by atoms with Crippen LogP contribution in [0.25, 0.3) is 11.0 Å². The van der Waals surface area contributed by atoms with Gasteiger partial charge in [0.05, 0.1) is 12.2 Å². The van der Waals surface area contributed by atoms with E-state index in [1.165, 1.54) is 58.2 Å². The number of piperazine rings is 1. The molecule has 0 radical (unpaired) electrons. The van der Waals surface area contributed by atoms with Crippen molar-refractivity contribution >= 4 is 11.0 Å². The number of hydrogen-bond donors (Lipinski definition) is 0. The largest absolute Gasteiger partial charge is 0.301 e. The fraction of sp³-hybridized carbons (Fsp3) is 0.684. The molecule has 0 aliphatic carbocycles. The topological polar surface area (TPSA) is 37.2 Å². The van der Waals surface area contributed by atoms with Crippen molar-refractivity contribution in [1.82, 2.24) is 24.8 Å². The van der Waals surface area contributed by atoms with Crippen molar-refractivity contribution in [2.75, 3.05) is 32.7 Å². The lowest BCUT2D eigenvalue weighted by Crippen LogP contribution is -2.47. The molecule has 2 aromatic rings. The van der Waals surface area contributed by atoms with Gasteiger partial charge in [-0.05, 0) is 25.1 Å². The molecule has 0 unspecified atom stereocenters. The van der Waals surface area contributed by atoms with Gasteiger partial charge in [0.25, 0.3) is 0 Å². The van der Waals surface area contributed by atoms with Crippen LogP contribution in [-0.4, -0.2) is 57.5 Å². The first kappa shape index (κ1) is 17.4. The summed E-state index contributed by atoms with van der Waals surface area (Å²) in [6, 6.07) is 8.20. The summed E-state index contributed by atoms with van der Waals surface area (Å²) in [4.78, 5) is 5.11. The van der Waals surface area contributed by atoms with Gasteiger partial charge >= 0.3 is 0 Å². The second-order valence-corrected chi connectivity index (χ2v) is 6.95. The van der Waals surface area contributed by atoms with Gasteiger partial charge in [0.2, 0.25) is 0 Å². The average molecular weight is 329 g/mol. The molecule has 1 aromatic heterocycles. The smallest absolute Gasteiger partial charge is 0.113 e. The molecule has 1 fully saturated rings. The van der Waals surface area contributed by atoms with Gasteiger partial charge in [-0.25, -0.2) is 4.68 Å². The molecule has 24 heavy (non-hydrogen) atoms. The monoisotopic (exact) mass is 329 g/mol. The molecule has 1 aliphatic rings. The van der Waals surface area contributed by atoms with Crippen LogP contribution in [0.2, 0.25) is 0 Å². The highest BCUT2D eigenvalue weighted by Crippen LogP contribution is 2.12. The first-order valence-electron chi connectivity index (χ1n) is 9.60. The van der Waals surface area contributed by atoms with E-state index in [0.717, 1.165) is 30.8 Å². The molecule has 0 amide bonds. The van der Waals surface area contributed by atoms with E-state index in [-0.39, 0.29) is 0 Å². The van der Waals surface area contributed by atoms with E-state index in [1.807, 2.05) is 16.8 Å². The van der Waals surface area contributed by atoms with Gasteiger partial charge in [-0.3, -0.25) is 4.90 Å². The van der Waals surface area contributed by atoms with Gasteiger partial charge in [-0.2, -0.15) is 0 Å². The number of benzene rings is 1. The third kappa shape index (κ3) is 4.77. The Morgan fingerprint density at radius 3 is 2.42 bits per heavy atom. The van der Waals surface area contributed by atoms with E-state index in [1.54, 1.807) is 0 Å². The van der Waals surface area contributed by atoms with Crippen LogP contribution >= 0.6 is 0 Å². The van der Waals surface area contributed by atoms with Gasteiger partial charge in [0, 0.05) is 26.2 Å². The molecule has 3 rings (SSSR count). The highest BCUT2D eigenvalue weighted by molar-refractivity contribution is 5.73. The molecule has 0 N–H and O–H groups in total. The standard InChI is InChI=1S/C19H31N5/c1-2-3-4-5-6-9-12-22-13-15-23(16-14-22)17-24-19-11-8-7-10-18(19)20-21-24/h7-8,10-11H,2-6,9,12-17H2,1H3. The van der Waals surface area contributed by atoms with Gasteiger partial charge in [-0.1, -0.05) is 56.4 Å². The van der Waals surface area contributed by atoms with E-state index in [9.17, 15) is 0 Å². The average Bonchev–Trinajstić information content (AvgIpc) is 3.03. The van der Waals surface area contributed by atoms with E-state index in [0.29, 0.717) is 0 Å². The van der Waals surface area contributed by atoms with Crippen LogP contribution in [0.1, 0.15) is 45.4 Å². The van der Waals surface area contributed by atoms with Crippen LogP contribution in [0.15, 0.2) is 24.3 Å². The molecule has 1 aromatic carbocycles. The molecule has 0 saturated carbocycles. The summed E-state index contributed by atoms with van der Waals surface area (Å²) < 4.78 is 2.03. The minimum atomic E-state index is 0.853. The molecule has 2 heterocycles. The Bertz CT molecular complexity index is 601. The van der Waals surface area contributed by atoms with Crippen LogP contribution in [0.4, 0.5) is 0 Å². The van der Waals surface area contributed by atoms with Crippen molar-refractivity contribution in [3.63, 3.8) is 0 Å². The Balaban J connectivity index is 1.36. The maximum atomic E-state index is 4.30. The first-order chi connectivity index (χ1) is 11.9. The summed E-state index contributed by atoms with van der Waals surface area (Å²) in [5, 5.41) is 8.55. The van der Waals surface area contributed by atoms with Crippen LogP contribution in [0, 0.1) is 0 Å². The summed E-state index contributed by atoms with van der Waals surface area (Å²) >= 11 is 0. The quantitative estimate of drug-likeness (QED) is 0.661. The van der Waals surface area contributed by atoms with E-state index in [4.69, 9.17) is 0 Å². The van der Waals surface area contributed by atoms with Crippen molar-refractivity contribution in [2.45, 2.75) is 52.1 Å². The minimum absolute atomic E-state index is 0.853. The van der Waals surface area contributed by atoms with E-state index < -0.39 is 0 Å². The zero-order chi connectivity index (χ0) is 16.6. The lowest BCUT2D eigenvalue weighted by molar-refractivity contribution is 0.103. The predicted molar refractivity (Wildman–Crippen MR) is 98.9 cm³/mol. The fourth-order valence-corrected chi connectivity index (χ4v) is 3.48. The molecule has 1 saturated heterocycles. The lowest BCUT2D eigenvalue weighted by Gasteiger charge is -2.34. The predicted octanol–water partition coefficient (Wildman–Crippen LogP) is 3.37. The van der Waals surface area contributed by atoms with Crippen molar-refractivity contribution in [3.05, 3.63) is 24.3 Å². The summed E-state index contributed by atoms with van der Waals surface area (Å²) in [5.41, 5.74) is 2.12. The van der Waals surface area contributed by atoms with Gasteiger partial charge in [0.15, 0.2) is 0 Å². The second kappa shape index (κ2) is 9.14. The van der Waals surface area contributed by atoms with Crippen molar-refractivity contribution in [1.29, 1.82) is 0 Å². The van der Waals surface area contributed by atoms with Crippen LogP contribution in [0.3, 0.4) is 0 Å². The Labute approximate surface area is 145 Å². The molecule has 5 nitrogen and oxygen atoms in total. The number of nitrogens with zero attached hydrogens (tertiary/aromatic N) is 5. The summed E-state index contributed by atoms with van der Waals surface area (Å²) in [6.07, 6.45) is 8.31.